The summed E-state index contributed by atoms with van der Waals surface area (Å²) in [4.78, 5) is 19.5. The molecule has 4 rings (SSSR count). The van der Waals surface area contributed by atoms with E-state index in [-0.39, 0.29) is 11.9 Å². The molecule has 3 aromatic rings. The summed E-state index contributed by atoms with van der Waals surface area (Å²) in [6.07, 6.45) is 10.7. The molecule has 0 bridgehead atoms. The number of nitrogens with zero attached hydrogens (tertiary/aromatic N) is 5. The smallest absolute Gasteiger partial charge is 0.274 e. The van der Waals surface area contributed by atoms with Gasteiger partial charge in [0.2, 0.25) is 0 Å². The van der Waals surface area contributed by atoms with Gasteiger partial charge in [0.05, 0.1) is 12.6 Å². The molecule has 6 nitrogen and oxygen atoms in total. The maximum absolute atomic E-state index is 13.0. The standard InChI is InChI=1S/C18H21N5O/c1-14-6-10-21-13-16(20-17(21)11-14)18(24)23-9-3-2-5-15(23)12-22-8-4-7-19-22/h4,6-8,10-11,13,15H,2-3,5,9,12H2,1H3/t15-/m1/s1. The minimum Gasteiger partial charge on any atom is -0.332 e. The van der Waals surface area contributed by atoms with Crippen molar-refractivity contribution in [2.75, 3.05) is 6.54 Å². The number of rotatable bonds is 3. The first-order valence-corrected chi connectivity index (χ1v) is 8.44. The van der Waals surface area contributed by atoms with Crippen LogP contribution in [0.1, 0.15) is 35.3 Å². The first kappa shape index (κ1) is 14.9. The van der Waals surface area contributed by atoms with Crippen LogP contribution < -0.4 is 0 Å². The number of aromatic nitrogens is 4. The number of aryl methyl sites for hydroxylation is 1. The van der Waals surface area contributed by atoms with Gasteiger partial charge in [0, 0.05) is 31.3 Å². The van der Waals surface area contributed by atoms with E-state index in [1.807, 2.05) is 57.7 Å². The number of piperidine rings is 1. The summed E-state index contributed by atoms with van der Waals surface area (Å²) in [5.41, 5.74) is 2.48. The zero-order valence-electron chi connectivity index (χ0n) is 13.8. The molecule has 24 heavy (non-hydrogen) atoms. The van der Waals surface area contributed by atoms with E-state index < -0.39 is 0 Å². The van der Waals surface area contributed by atoms with Gasteiger partial charge >= 0.3 is 0 Å². The highest BCUT2D eigenvalue weighted by Crippen LogP contribution is 2.21. The van der Waals surface area contributed by atoms with Crippen molar-refractivity contribution < 1.29 is 4.79 Å². The lowest BCUT2D eigenvalue weighted by atomic mass is 10.0. The van der Waals surface area contributed by atoms with E-state index in [0.29, 0.717) is 5.69 Å². The van der Waals surface area contributed by atoms with Crippen LogP contribution >= 0.6 is 0 Å². The zero-order valence-corrected chi connectivity index (χ0v) is 13.8. The summed E-state index contributed by atoms with van der Waals surface area (Å²) in [6, 6.07) is 6.11. The summed E-state index contributed by atoms with van der Waals surface area (Å²) in [5, 5.41) is 4.28. The molecule has 6 heteroatoms. The van der Waals surface area contributed by atoms with Gasteiger partial charge in [-0.1, -0.05) is 0 Å². The monoisotopic (exact) mass is 323 g/mol. The Morgan fingerprint density at radius 2 is 2.25 bits per heavy atom. The van der Waals surface area contributed by atoms with Gasteiger partial charge in [-0.25, -0.2) is 4.98 Å². The SMILES string of the molecule is Cc1ccn2cc(C(=O)N3CCCC[C@@H]3Cn3cccn3)nc2c1. The molecular formula is C18H21N5O. The second kappa shape index (κ2) is 6.11. The number of amides is 1. The summed E-state index contributed by atoms with van der Waals surface area (Å²) < 4.78 is 3.82. The summed E-state index contributed by atoms with van der Waals surface area (Å²) in [5.74, 6) is 0.0215. The Morgan fingerprint density at radius 3 is 3.08 bits per heavy atom. The minimum atomic E-state index is 0.0215. The summed E-state index contributed by atoms with van der Waals surface area (Å²) in [7, 11) is 0. The van der Waals surface area contributed by atoms with Crippen LogP contribution in [0.4, 0.5) is 0 Å². The fourth-order valence-electron chi connectivity index (χ4n) is 3.42. The highest BCUT2D eigenvalue weighted by Gasteiger charge is 2.29. The van der Waals surface area contributed by atoms with Crippen LogP contribution in [0.2, 0.25) is 0 Å². The lowest BCUT2D eigenvalue weighted by Crippen LogP contribution is -2.46. The van der Waals surface area contributed by atoms with Crippen LogP contribution in [0.3, 0.4) is 0 Å². The third kappa shape index (κ3) is 2.79. The highest BCUT2D eigenvalue weighted by molar-refractivity contribution is 5.93. The van der Waals surface area contributed by atoms with Gasteiger partial charge in [-0.2, -0.15) is 5.10 Å². The molecule has 124 valence electrons. The van der Waals surface area contributed by atoms with Gasteiger partial charge in [0.15, 0.2) is 0 Å². The molecule has 0 radical (unpaired) electrons. The number of imidazole rings is 1. The Bertz CT molecular complexity index is 852. The van der Waals surface area contributed by atoms with Crippen LogP contribution in [0.5, 0.6) is 0 Å². The molecule has 1 aliphatic rings. The predicted octanol–water partition coefficient (Wildman–Crippen LogP) is 2.53. The normalized spacial score (nSPS) is 18.2. The van der Waals surface area contributed by atoms with E-state index in [9.17, 15) is 4.79 Å². The van der Waals surface area contributed by atoms with E-state index in [4.69, 9.17) is 0 Å². The second-order valence-electron chi connectivity index (χ2n) is 6.47. The number of hydrogen-bond acceptors (Lipinski definition) is 3. The van der Waals surface area contributed by atoms with Gasteiger partial charge in [0.25, 0.3) is 5.91 Å². The first-order chi connectivity index (χ1) is 11.7. The summed E-state index contributed by atoms with van der Waals surface area (Å²) in [6.45, 7) is 3.56. The van der Waals surface area contributed by atoms with Crippen molar-refractivity contribution in [1.29, 1.82) is 0 Å². The van der Waals surface area contributed by atoms with E-state index >= 15 is 0 Å². The first-order valence-electron chi connectivity index (χ1n) is 8.44. The molecule has 0 spiro atoms. The number of hydrogen-bond donors (Lipinski definition) is 0. The number of likely N-dealkylation sites (tertiary alicyclic amines) is 1. The molecule has 0 aromatic carbocycles. The maximum atomic E-state index is 13.0. The fourth-order valence-corrected chi connectivity index (χ4v) is 3.42. The van der Waals surface area contributed by atoms with Gasteiger partial charge < -0.3 is 9.30 Å². The number of fused-ring (bicyclic) bond motifs is 1. The van der Waals surface area contributed by atoms with Gasteiger partial charge in [-0.15, -0.1) is 0 Å². The van der Waals surface area contributed by atoms with Gasteiger partial charge in [-0.3, -0.25) is 9.48 Å². The molecule has 1 atom stereocenters. The van der Waals surface area contributed by atoms with Crippen molar-refractivity contribution in [3.05, 3.63) is 54.2 Å². The van der Waals surface area contributed by atoms with Crippen molar-refractivity contribution in [3.8, 4) is 0 Å². The Kier molecular flexibility index (Phi) is 3.80. The molecule has 1 saturated heterocycles. The molecule has 1 aliphatic heterocycles. The molecular weight excluding hydrogens is 302 g/mol. The number of carbonyl (C=O) groups excluding carboxylic acids is 1. The van der Waals surface area contributed by atoms with E-state index in [0.717, 1.165) is 43.6 Å². The molecule has 4 heterocycles. The second-order valence-corrected chi connectivity index (χ2v) is 6.47. The van der Waals surface area contributed by atoms with E-state index in [1.165, 1.54) is 0 Å². The highest BCUT2D eigenvalue weighted by atomic mass is 16.2. The van der Waals surface area contributed by atoms with Crippen molar-refractivity contribution in [3.63, 3.8) is 0 Å². The largest absolute Gasteiger partial charge is 0.332 e. The third-order valence-corrected chi connectivity index (χ3v) is 4.68. The van der Waals surface area contributed by atoms with Crippen molar-refractivity contribution >= 4 is 11.6 Å². The Hall–Kier alpha value is -2.63. The third-order valence-electron chi connectivity index (χ3n) is 4.68. The lowest BCUT2D eigenvalue weighted by molar-refractivity contribution is 0.0578. The topological polar surface area (TPSA) is 55.4 Å². The van der Waals surface area contributed by atoms with Crippen LogP contribution in [-0.2, 0) is 6.54 Å². The van der Waals surface area contributed by atoms with Crippen molar-refractivity contribution in [2.45, 2.75) is 38.8 Å². The van der Waals surface area contributed by atoms with Crippen LogP contribution in [0.25, 0.3) is 5.65 Å². The molecule has 0 saturated carbocycles. The molecule has 0 unspecified atom stereocenters. The minimum absolute atomic E-state index is 0.0215. The lowest BCUT2D eigenvalue weighted by Gasteiger charge is -2.35. The van der Waals surface area contributed by atoms with Crippen molar-refractivity contribution in [2.24, 2.45) is 0 Å². The summed E-state index contributed by atoms with van der Waals surface area (Å²) >= 11 is 0. The maximum Gasteiger partial charge on any atom is 0.274 e. The number of carbonyl (C=O) groups is 1. The van der Waals surface area contributed by atoms with Gasteiger partial charge in [0.1, 0.15) is 11.3 Å². The average molecular weight is 323 g/mol. The number of pyridine rings is 1. The molecule has 0 aliphatic carbocycles. The fraction of sp³-hybridized carbons (Fsp3) is 0.389. The predicted molar refractivity (Wildman–Crippen MR) is 90.8 cm³/mol. The average Bonchev–Trinajstić information content (AvgIpc) is 3.23. The quantitative estimate of drug-likeness (QED) is 0.744. The van der Waals surface area contributed by atoms with E-state index in [2.05, 4.69) is 10.1 Å². The zero-order chi connectivity index (χ0) is 16.5. The van der Waals surface area contributed by atoms with E-state index in [1.54, 1.807) is 6.20 Å². The molecule has 0 N–H and O–H groups in total. The van der Waals surface area contributed by atoms with Gasteiger partial charge in [-0.05, 0) is 49.9 Å². The van der Waals surface area contributed by atoms with Crippen molar-refractivity contribution in [1.82, 2.24) is 24.1 Å². The van der Waals surface area contributed by atoms with Crippen LogP contribution in [0, 0.1) is 6.92 Å². The Balaban J connectivity index is 1.60. The Labute approximate surface area is 140 Å². The molecule has 3 aromatic heterocycles. The molecule has 1 fully saturated rings. The van der Waals surface area contributed by atoms with Crippen LogP contribution in [-0.4, -0.2) is 42.6 Å². The molecule has 1 amide bonds. The Morgan fingerprint density at radius 1 is 1.33 bits per heavy atom. The van der Waals surface area contributed by atoms with Crippen LogP contribution in [0.15, 0.2) is 43.0 Å².